The molecule has 158 valence electrons. The Morgan fingerprint density at radius 2 is 1.90 bits per heavy atom. The molecule has 0 spiro atoms. The van der Waals surface area contributed by atoms with Crippen molar-refractivity contribution in [3.05, 3.63) is 59.7 Å². The van der Waals surface area contributed by atoms with Crippen molar-refractivity contribution in [1.29, 1.82) is 0 Å². The third-order valence-electron chi connectivity index (χ3n) is 4.68. The Hall–Kier alpha value is -3.36. The predicted octanol–water partition coefficient (Wildman–Crippen LogP) is 3.55. The van der Waals surface area contributed by atoms with E-state index in [0.717, 1.165) is 23.8 Å². The second-order valence-electron chi connectivity index (χ2n) is 6.93. The van der Waals surface area contributed by atoms with E-state index < -0.39 is 36.1 Å². The molecule has 0 radical (unpaired) electrons. The van der Waals surface area contributed by atoms with Gasteiger partial charge < -0.3 is 15.0 Å². The van der Waals surface area contributed by atoms with Gasteiger partial charge in [0, 0.05) is 24.3 Å². The molecule has 2 aromatic rings. The highest BCUT2D eigenvalue weighted by Gasteiger charge is 2.37. The predicted molar refractivity (Wildman–Crippen MR) is 103 cm³/mol. The van der Waals surface area contributed by atoms with Gasteiger partial charge in [0.25, 0.3) is 5.91 Å². The minimum Gasteiger partial charge on any atom is -0.455 e. The van der Waals surface area contributed by atoms with E-state index in [1.807, 2.05) is 19.1 Å². The summed E-state index contributed by atoms with van der Waals surface area (Å²) in [5.74, 6) is -2.43. The summed E-state index contributed by atoms with van der Waals surface area (Å²) in [4.78, 5) is 38.0. The van der Waals surface area contributed by atoms with Crippen LogP contribution in [0.5, 0.6) is 0 Å². The molecule has 1 aliphatic heterocycles. The van der Waals surface area contributed by atoms with Crippen LogP contribution in [0, 0.1) is 12.8 Å². The zero-order valence-electron chi connectivity index (χ0n) is 16.0. The fourth-order valence-electron chi connectivity index (χ4n) is 3.19. The Morgan fingerprint density at radius 3 is 2.60 bits per heavy atom. The van der Waals surface area contributed by atoms with Gasteiger partial charge in [-0.15, -0.1) is 0 Å². The van der Waals surface area contributed by atoms with Crippen LogP contribution >= 0.6 is 0 Å². The van der Waals surface area contributed by atoms with Gasteiger partial charge in [0.1, 0.15) is 0 Å². The first-order valence-corrected chi connectivity index (χ1v) is 9.15. The Labute approximate surface area is 170 Å². The van der Waals surface area contributed by atoms with Crippen LogP contribution in [0.4, 0.5) is 24.5 Å². The summed E-state index contributed by atoms with van der Waals surface area (Å²) in [5.41, 5.74) is 0.631. The molecule has 9 heteroatoms. The first-order valence-electron chi connectivity index (χ1n) is 9.15. The van der Waals surface area contributed by atoms with Gasteiger partial charge in [-0.25, -0.2) is 0 Å². The number of halogens is 3. The molecule has 1 saturated heterocycles. The fourth-order valence-corrected chi connectivity index (χ4v) is 3.19. The van der Waals surface area contributed by atoms with Crippen LogP contribution in [0.25, 0.3) is 0 Å². The largest absolute Gasteiger partial charge is 0.455 e. The van der Waals surface area contributed by atoms with E-state index in [2.05, 4.69) is 5.32 Å². The van der Waals surface area contributed by atoms with Crippen molar-refractivity contribution >= 4 is 29.2 Å². The van der Waals surface area contributed by atoms with Crippen LogP contribution < -0.4 is 10.2 Å². The first kappa shape index (κ1) is 21.4. The summed E-state index contributed by atoms with van der Waals surface area (Å²) >= 11 is 0. The molecule has 0 aliphatic carbocycles. The zero-order valence-corrected chi connectivity index (χ0v) is 16.0. The highest BCUT2D eigenvalue weighted by molar-refractivity contribution is 6.00. The number of benzene rings is 2. The topological polar surface area (TPSA) is 75.7 Å². The molecule has 3 rings (SSSR count). The SMILES string of the molecule is Cc1ccccc1N1C[C@H](C(=O)OCC(=O)Nc2cccc(C(F)(F)F)c2)CC1=O. The van der Waals surface area contributed by atoms with Crippen molar-refractivity contribution in [2.75, 3.05) is 23.4 Å². The first-order chi connectivity index (χ1) is 14.1. The highest BCUT2D eigenvalue weighted by atomic mass is 19.4. The number of nitrogens with zero attached hydrogens (tertiary/aromatic N) is 1. The summed E-state index contributed by atoms with van der Waals surface area (Å²) in [7, 11) is 0. The van der Waals surface area contributed by atoms with Crippen molar-refractivity contribution in [3.8, 4) is 0 Å². The second kappa shape index (κ2) is 8.56. The van der Waals surface area contributed by atoms with Crippen LogP contribution in [-0.4, -0.2) is 30.9 Å². The standard InChI is InChI=1S/C21H19F3N2O4/c1-13-5-2-3-8-17(13)26-11-14(9-19(26)28)20(29)30-12-18(27)25-16-7-4-6-15(10-16)21(22,23)24/h2-8,10,14H,9,11-12H2,1H3,(H,25,27)/t14-/m1/s1. The molecular weight excluding hydrogens is 401 g/mol. The maximum atomic E-state index is 12.7. The molecule has 0 unspecified atom stereocenters. The van der Waals surface area contributed by atoms with Crippen LogP contribution in [-0.2, 0) is 25.3 Å². The number of carbonyl (C=O) groups is 3. The fraction of sp³-hybridized carbons (Fsp3) is 0.286. The molecule has 1 aliphatic rings. The van der Waals surface area contributed by atoms with Crippen molar-refractivity contribution in [1.82, 2.24) is 0 Å². The Bertz CT molecular complexity index is 975. The van der Waals surface area contributed by atoms with Gasteiger partial charge in [0.2, 0.25) is 5.91 Å². The second-order valence-corrected chi connectivity index (χ2v) is 6.93. The quantitative estimate of drug-likeness (QED) is 0.751. The highest BCUT2D eigenvalue weighted by Crippen LogP contribution is 2.31. The zero-order chi connectivity index (χ0) is 21.9. The number of carbonyl (C=O) groups excluding carboxylic acids is 3. The lowest BCUT2D eigenvalue weighted by atomic mass is 10.1. The number of ether oxygens (including phenoxy) is 1. The number of amides is 2. The summed E-state index contributed by atoms with van der Waals surface area (Å²) in [6, 6.07) is 11.4. The van der Waals surface area contributed by atoms with Crippen LogP contribution in [0.1, 0.15) is 17.5 Å². The molecule has 2 aromatic carbocycles. The third kappa shape index (κ3) is 4.97. The Morgan fingerprint density at radius 1 is 1.17 bits per heavy atom. The van der Waals surface area contributed by atoms with E-state index in [-0.39, 0.29) is 24.6 Å². The van der Waals surface area contributed by atoms with E-state index >= 15 is 0 Å². The van der Waals surface area contributed by atoms with E-state index in [1.54, 1.807) is 12.1 Å². The molecule has 0 bridgehead atoms. The van der Waals surface area contributed by atoms with Gasteiger partial charge in [0.15, 0.2) is 6.61 Å². The minimum absolute atomic E-state index is 0.0393. The van der Waals surface area contributed by atoms with Crippen molar-refractivity contribution < 1.29 is 32.3 Å². The minimum atomic E-state index is -4.54. The molecular formula is C21H19F3N2O4. The van der Waals surface area contributed by atoms with Gasteiger partial charge in [-0.2, -0.15) is 13.2 Å². The molecule has 0 saturated carbocycles. The number of alkyl halides is 3. The summed E-state index contributed by atoms with van der Waals surface area (Å²) < 4.78 is 43.2. The van der Waals surface area contributed by atoms with Crippen LogP contribution in [0.3, 0.4) is 0 Å². The van der Waals surface area contributed by atoms with E-state index in [1.165, 1.54) is 11.0 Å². The van der Waals surface area contributed by atoms with Gasteiger partial charge in [-0.05, 0) is 36.8 Å². The van der Waals surface area contributed by atoms with Crippen molar-refractivity contribution in [2.45, 2.75) is 19.5 Å². The number of esters is 1. The number of para-hydroxylation sites is 1. The maximum absolute atomic E-state index is 12.7. The smallest absolute Gasteiger partial charge is 0.416 e. The normalized spacial score (nSPS) is 16.5. The molecule has 2 amide bonds. The number of rotatable bonds is 5. The lowest BCUT2D eigenvalue weighted by molar-refractivity contribution is -0.151. The summed E-state index contributed by atoms with van der Waals surface area (Å²) in [6.45, 7) is 1.33. The maximum Gasteiger partial charge on any atom is 0.416 e. The number of anilines is 2. The lowest BCUT2D eigenvalue weighted by Gasteiger charge is -2.18. The van der Waals surface area contributed by atoms with E-state index in [4.69, 9.17) is 4.74 Å². The average molecular weight is 420 g/mol. The van der Waals surface area contributed by atoms with Crippen LogP contribution in [0.15, 0.2) is 48.5 Å². The van der Waals surface area contributed by atoms with Crippen molar-refractivity contribution in [2.24, 2.45) is 5.92 Å². The molecule has 1 fully saturated rings. The molecule has 30 heavy (non-hydrogen) atoms. The third-order valence-corrected chi connectivity index (χ3v) is 4.68. The molecule has 1 N–H and O–H groups in total. The van der Waals surface area contributed by atoms with Gasteiger partial charge in [0.05, 0.1) is 11.5 Å². The molecule has 1 atom stereocenters. The Kier molecular flexibility index (Phi) is 6.09. The molecule has 6 nitrogen and oxygen atoms in total. The lowest BCUT2D eigenvalue weighted by Crippen LogP contribution is -2.28. The molecule has 1 heterocycles. The molecule has 0 aromatic heterocycles. The van der Waals surface area contributed by atoms with E-state index in [0.29, 0.717) is 5.69 Å². The average Bonchev–Trinajstić information content (AvgIpc) is 3.07. The Balaban J connectivity index is 1.54. The number of nitrogens with one attached hydrogen (secondary N) is 1. The summed E-state index contributed by atoms with van der Waals surface area (Å²) in [6.07, 6.45) is -4.58. The van der Waals surface area contributed by atoms with Gasteiger partial charge in [-0.3, -0.25) is 14.4 Å². The van der Waals surface area contributed by atoms with E-state index in [9.17, 15) is 27.6 Å². The van der Waals surface area contributed by atoms with Gasteiger partial charge >= 0.3 is 12.1 Å². The number of hydrogen-bond donors (Lipinski definition) is 1. The van der Waals surface area contributed by atoms with Crippen molar-refractivity contribution in [3.63, 3.8) is 0 Å². The number of aryl methyl sites for hydroxylation is 1. The summed E-state index contributed by atoms with van der Waals surface area (Å²) in [5, 5.41) is 2.26. The number of hydrogen-bond acceptors (Lipinski definition) is 4. The van der Waals surface area contributed by atoms with Gasteiger partial charge in [-0.1, -0.05) is 24.3 Å². The van der Waals surface area contributed by atoms with Crippen LogP contribution in [0.2, 0.25) is 0 Å². The monoisotopic (exact) mass is 420 g/mol.